The van der Waals surface area contributed by atoms with E-state index in [0.717, 1.165) is 83.5 Å². The van der Waals surface area contributed by atoms with Crippen molar-refractivity contribution >= 4 is 17.9 Å². The predicted octanol–water partition coefficient (Wildman–Crippen LogP) is 20.0. The molecule has 0 aliphatic rings. The fraction of sp³-hybridized carbons (Fsp3) is 0.855. The molecule has 0 amide bonds. The summed E-state index contributed by atoms with van der Waals surface area (Å²) in [4.78, 5) is 38.2. The Morgan fingerprint density at radius 2 is 0.529 bits per heavy atom. The van der Waals surface area contributed by atoms with Crippen LogP contribution in [0.25, 0.3) is 0 Å². The van der Waals surface area contributed by atoms with Gasteiger partial charge >= 0.3 is 17.9 Å². The normalized spacial score (nSPS) is 12.2. The van der Waals surface area contributed by atoms with E-state index in [4.69, 9.17) is 14.2 Å². The van der Waals surface area contributed by atoms with Crippen LogP contribution in [0.4, 0.5) is 0 Å². The average molecular weight is 956 g/mol. The molecule has 0 aromatic carbocycles. The number of carbonyl (C=O) groups excluding carboxylic acids is 3. The van der Waals surface area contributed by atoms with Crippen LogP contribution in [-0.2, 0) is 28.6 Å². The van der Waals surface area contributed by atoms with Crippen molar-refractivity contribution in [2.24, 2.45) is 0 Å². The molecule has 0 radical (unpaired) electrons. The van der Waals surface area contributed by atoms with E-state index < -0.39 is 6.10 Å². The molecule has 0 bridgehead atoms. The fourth-order valence-electron chi connectivity index (χ4n) is 8.86. The highest BCUT2D eigenvalue weighted by molar-refractivity contribution is 5.71. The zero-order valence-corrected chi connectivity index (χ0v) is 45.6. The van der Waals surface area contributed by atoms with E-state index in [1.807, 2.05) is 0 Å². The van der Waals surface area contributed by atoms with Gasteiger partial charge in [-0.1, -0.05) is 282 Å². The number of hydrogen-bond donors (Lipinski definition) is 0. The minimum Gasteiger partial charge on any atom is -0.462 e. The summed E-state index contributed by atoms with van der Waals surface area (Å²) in [5.74, 6) is -0.876. The van der Waals surface area contributed by atoms with Crippen molar-refractivity contribution in [3.63, 3.8) is 0 Å². The Bertz CT molecular complexity index is 1140. The smallest absolute Gasteiger partial charge is 0.306 e. The van der Waals surface area contributed by atoms with Gasteiger partial charge in [0.25, 0.3) is 0 Å². The molecule has 0 saturated heterocycles. The van der Waals surface area contributed by atoms with Gasteiger partial charge in [-0.05, 0) is 57.8 Å². The minimum absolute atomic E-state index is 0.0763. The standard InChI is InChI=1S/C62H114O6/c1-4-7-10-13-16-19-22-25-28-30-32-34-37-40-43-46-49-52-55-61(64)67-58-59(57-66-60(63)54-51-48-45-42-39-36-33-27-24-21-18-15-12-9-6-3)68-62(65)56-53-50-47-44-41-38-35-31-29-26-23-20-17-14-11-8-5-2/h17,20,26,29,35,38,59H,4-16,18-19,21-25,27-28,30-34,36-37,39-58H2,1-3H3/b20-17-,29-26-,38-35-/t59-/m1/s1. The Morgan fingerprint density at radius 3 is 0.853 bits per heavy atom. The van der Waals surface area contributed by atoms with Crippen molar-refractivity contribution in [2.75, 3.05) is 13.2 Å². The van der Waals surface area contributed by atoms with Gasteiger partial charge in [-0.15, -0.1) is 0 Å². The molecule has 6 heteroatoms. The minimum atomic E-state index is -0.780. The molecule has 6 nitrogen and oxygen atoms in total. The molecule has 0 aliphatic heterocycles. The zero-order chi connectivity index (χ0) is 49.3. The Morgan fingerprint density at radius 1 is 0.294 bits per heavy atom. The number of carbonyl (C=O) groups is 3. The molecular weight excluding hydrogens is 841 g/mol. The second kappa shape index (κ2) is 57.2. The Kier molecular flexibility index (Phi) is 55.2. The van der Waals surface area contributed by atoms with Crippen LogP contribution in [0.1, 0.15) is 323 Å². The van der Waals surface area contributed by atoms with Crippen LogP contribution in [0.5, 0.6) is 0 Å². The van der Waals surface area contributed by atoms with Gasteiger partial charge < -0.3 is 14.2 Å². The van der Waals surface area contributed by atoms with E-state index >= 15 is 0 Å². The molecule has 0 aliphatic carbocycles. The third kappa shape index (κ3) is 54.6. The molecule has 0 aromatic rings. The SMILES string of the molecule is CCCCC/C=C\C/C=C\C/C=C\CCCCCCC(=O)O[C@H](COC(=O)CCCCCCCCCCCCCCCCC)COC(=O)CCCCCCCCCCCCCCCCCCCC. The summed E-state index contributed by atoms with van der Waals surface area (Å²) >= 11 is 0. The van der Waals surface area contributed by atoms with Crippen molar-refractivity contribution in [1.29, 1.82) is 0 Å². The van der Waals surface area contributed by atoms with Crippen LogP contribution in [0.2, 0.25) is 0 Å². The van der Waals surface area contributed by atoms with E-state index in [9.17, 15) is 14.4 Å². The van der Waals surface area contributed by atoms with E-state index in [1.54, 1.807) is 0 Å². The highest BCUT2D eigenvalue weighted by Crippen LogP contribution is 2.17. The summed E-state index contributed by atoms with van der Waals surface area (Å²) in [7, 11) is 0. The summed E-state index contributed by atoms with van der Waals surface area (Å²) in [6.45, 7) is 6.65. The predicted molar refractivity (Wildman–Crippen MR) is 293 cm³/mol. The number of rotatable bonds is 55. The lowest BCUT2D eigenvalue weighted by Crippen LogP contribution is -2.30. The molecule has 0 rings (SSSR count). The lowest BCUT2D eigenvalue weighted by atomic mass is 10.0. The summed E-state index contributed by atoms with van der Waals surface area (Å²) in [6.07, 6.45) is 68.5. The summed E-state index contributed by atoms with van der Waals surface area (Å²) in [5, 5.41) is 0. The molecular formula is C62H114O6. The first-order valence-corrected chi connectivity index (χ1v) is 30.0. The van der Waals surface area contributed by atoms with Crippen LogP contribution < -0.4 is 0 Å². The lowest BCUT2D eigenvalue weighted by Gasteiger charge is -2.18. The first kappa shape index (κ1) is 65.6. The number of unbranched alkanes of at least 4 members (excludes halogenated alkanes) is 38. The average Bonchev–Trinajstić information content (AvgIpc) is 3.34. The number of ether oxygens (including phenoxy) is 3. The first-order valence-electron chi connectivity index (χ1n) is 30.0. The third-order valence-electron chi connectivity index (χ3n) is 13.4. The largest absolute Gasteiger partial charge is 0.462 e. The van der Waals surface area contributed by atoms with Gasteiger partial charge in [-0.3, -0.25) is 14.4 Å². The van der Waals surface area contributed by atoms with Crippen LogP contribution in [0, 0.1) is 0 Å². The molecule has 0 spiro atoms. The second-order valence-electron chi connectivity index (χ2n) is 20.3. The molecule has 0 fully saturated rings. The van der Waals surface area contributed by atoms with Crippen LogP contribution in [0.15, 0.2) is 36.5 Å². The molecule has 0 aromatic heterocycles. The highest BCUT2D eigenvalue weighted by Gasteiger charge is 2.19. The van der Waals surface area contributed by atoms with E-state index in [1.165, 1.54) is 199 Å². The Hall–Kier alpha value is -2.37. The van der Waals surface area contributed by atoms with Crippen LogP contribution in [0.3, 0.4) is 0 Å². The summed E-state index contributed by atoms with van der Waals surface area (Å²) in [6, 6.07) is 0. The van der Waals surface area contributed by atoms with Crippen molar-refractivity contribution in [1.82, 2.24) is 0 Å². The molecule has 0 unspecified atom stereocenters. The van der Waals surface area contributed by atoms with Gasteiger partial charge in [0, 0.05) is 19.3 Å². The van der Waals surface area contributed by atoms with Crippen LogP contribution in [-0.4, -0.2) is 37.2 Å². The molecule has 398 valence electrons. The van der Waals surface area contributed by atoms with E-state index in [-0.39, 0.29) is 31.1 Å². The van der Waals surface area contributed by atoms with Crippen molar-refractivity contribution < 1.29 is 28.6 Å². The monoisotopic (exact) mass is 955 g/mol. The number of esters is 3. The Labute approximate surface area is 423 Å². The van der Waals surface area contributed by atoms with Gasteiger partial charge in [0.05, 0.1) is 0 Å². The maximum atomic E-state index is 12.9. The first-order chi connectivity index (χ1) is 33.5. The van der Waals surface area contributed by atoms with Gasteiger partial charge in [0.1, 0.15) is 13.2 Å². The Balaban J connectivity index is 4.36. The maximum absolute atomic E-state index is 12.9. The topological polar surface area (TPSA) is 78.9 Å². The van der Waals surface area contributed by atoms with Crippen molar-refractivity contribution in [3.05, 3.63) is 36.5 Å². The van der Waals surface area contributed by atoms with Gasteiger partial charge in [-0.25, -0.2) is 0 Å². The van der Waals surface area contributed by atoms with Gasteiger partial charge in [0.15, 0.2) is 6.10 Å². The molecule has 1 atom stereocenters. The summed E-state index contributed by atoms with van der Waals surface area (Å²) in [5.41, 5.74) is 0. The fourth-order valence-corrected chi connectivity index (χ4v) is 8.86. The quantitative estimate of drug-likeness (QED) is 0.0262. The van der Waals surface area contributed by atoms with Crippen molar-refractivity contribution in [2.45, 2.75) is 329 Å². The molecule has 68 heavy (non-hydrogen) atoms. The highest BCUT2D eigenvalue weighted by atomic mass is 16.6. The van der Waals surface area contributed by atoms with E-state index in [2.05, 4.69) is 57.2 Å². The zero-order valence-electron chi connectivity index (χ0n) is 45.6. The lowest BCUT2D eigenvalue weighted by molar-refractivity contribution is -0.167. The van der Waals surface area contributed by atoms with E-state index in [0.29, 0.717) is 19.3 Å². The maximum Gasteiger partial charge on any atom is 0.306 e. The van der Waals surface area contributed by atoms with Gasteiger partial charge in [0.2, 0.25) is 0 Å². The van der Waals surface area contributed by atoms with Gasteiger partial charge in [-0.2, -0.15) is 0 Å². The molecule has 0 saturated carbocycles. The summed E-state index contributed by atoms with van der Waals surface area (Å²) < 4.78 is 16.9. The number of hydrogen-bond acceptors (Lipinski definition) is 6. The molecule has 0 heterocycles. The third-order valence-corrected chi connectivity index (χ3v) is 13.4. The molecule has 0 N–H and O–H groups in total. The van der Waals surface area contributed by atoms with Crippen LogP contribution >= 0.6 is 0 Å². The second-order valence-corrected chi connectivity index (χ2v) is 20.3. The number of allylic oxidation sites excluding steroid dienone is 6. The van der Waals surface area contributed by atoms with Crippen molar-refractivity contribution in [3.8, 4) is 0 Å².